The maximum atomic E-state index is 11.5. The molecule has 0 spiro atoms. The fourth-order valence-corrected chi connectivity index (χ4v) is 0.135. The summed E-state index contributed by atoms with van der Waals surface area (Å²) in [5.41, 5.74) is 0. The van der Waals surface area contributed by atoms with Gasteiger partial charge in [-0.15, -0.1) is 0 Å². The molecule has 0 aromatic rings. The average Bonchev–Trinajstić information content (AvgIpc) is 1.62. The van der Waals surface area contributed by atoms with E-state index in [1.165, 1.54) is 0 Å². The minimum atomic E-state index is -5.82. The van der Waals surface area contributed by atoms with Gasteiger partial charge < -0.3 is 10.2 Å². The van der Waals surface area contributed by atoms with E-state index in [4.69, 9.17) is 10.2 Å². The zero-order chi connectivity index (χ0) is 8.58. The first-order chi connectivity index (χ1) is 4.19. The first kappa shape index (κ1) is 9.57. The second-order valence-corrected chi connectivity index (χ2v) is 1.51. The summed E-state index contributed by atoms with van der Waals surface area (Å²) in [7, 11) is 0. The lowest BCUT2D eigenvalue weighted by molar-refractivity contribution is -0.364. The van der Waals surface area contributed by atoms with Crippen molar-refractivity contribution in [3.8, 4) is 0 Å². The monoisotopic (exact) mass is 166 g/mol. The largest absolute Gasteiger partial charge is 0.454 e. The molecule has 2 nitrogen and oxygen atoms in total. The van der Waals surface area contributed by atoms with Crippen LogP contribution in [0, 0.1) is 0 Å². The van der Waals surface area contributed by atoms with Crippen LogP contribution in [-0.4, -0.2) is 28.6 Å². The highest BCUT2D eigenvalue weighted by molar-refractivity contribution is 4.76. The Balaban J connectivity index is 4.40. The van der Waals surface area contributed by atoms with Gasteiger partial charge in [-0.25, -0.2) is 4.39 Å². The SMILES string of the molecule is OC(F)C(O)(F)C(F)(F)F. The minimum Gasteiger partial charge on any atom is -0.359 e. The van der Waals surface area contributed by atoms with Crippen LogP contribution in [0.25, 0.3) is 0 Å². The van der Waals surface area contributed by atoms with Crippen LogP contribution in [0.4, 0.5) is 22.0 Å². The number of alkyl halides is 5. The van der Waals surface area contributed by atoms with Crippen LogP contribution in [0.1, 0.15) is 0 Å². The molecule has 2 atom stereocenters. The molecule has 10 heavy (non-hydrogen) atoms. The van der Waals surface area contributed by atoms with Crippen LogP contribution < -0.4 is 0 Å². The predicted octanol–water partition coefficient (Wildman–Crippen LogP) is 0.495. The minimum absolute atomic E-state index is 3.98. The van der Waals surface area contributed by atoms with Crippen LogP contribution in [0.2, 0.25) is 0 Å². The second kappa shape index (κ2) is 2.31. The number of aliphatic hydroxyl groups excluding tert-OH is 1. The summed E-state index contributed by atoms with van der Waals surface area (Å²) in [6.07, 6.45) is -9.80. The summed E-state index contributed by atoms with van der Waals surface area (Å²) < 4.78 is 55.9. The van der Waals surface area contributed by atoms with Crippen molar-refractivity contribution in [1.29, 1.82) is 0 Å². The number of hydrogen-bond donors (Lipinski definition) is 2. The summed E-state index contributed by atoms with van der Waals surface area (Å²) in [4.78, 5) is 0. The van der Waals surface area contributed by atoms with Gasteiger partial charge in [-0.2, -0.15) is 17.6 Å². The van der Waals surface area contributed by atoms with Gasteiger partial charge in [-0.05, 0) is 0 Å². The van der Waals surface area contributed by atoms with E-state index in [2.05, 4.69) is 0 Å². The van der Waals surface area contributed by atoms with Crippen LogP contribution in [0.3, 0.4) is 0 Å². The van der Waals surface area contributed by atoms with Gasteiger partial charge in [0.1, 0.15) is 0 Å². The van der Waals surface area contributed by atoms with Gasteiger partial charge in [-0.3, -0.25) is 0 Å². The average molecular weight is 166 g/mol. The Morgan fingerprint density at radius 3 is 1.40 bits per heavy atom. The molecule has 0 bridgehead atoms. The molecular weight excluding hydrogens is 163 g/mol. The Morgan fingerprint density at radius 2 is 1.40 bits per heavy atom. The fourth-order valence-electron chi connectivity index (χ4n) is 0.135. The highest BCUT2D eigenvalue weighted by atomic mass is 19.4. The van der Waals surface area contributed by atoms with Gasteiger partial charge >= 0.3 is 12.0 Å². The van der Waals surface area contributed by atoms with E-state index in [1.807, 2.05) is 0 Å². The van der Waals surface area contributed by atoms with Crippen LogP contribution >= 0.6 is 0 Å². The lowest BCUT2D eigenvalue weighted by Gasteiger charge is -2.21. The summed E-state index contributed by atoms with van der Waals surface area (Å²) in [6.45, 7) is 0. The first-order valence-corrected chi connectivity index (χ1v) is 1.99. The Kier molecular flexibility index (Phi) is 2.21. The van der Waals surface area contributed by atoms with Crippen LogP contribution in [-0.2, 0) is 0 Å². The third kappa shape index (κ3) is 1.54. The Morgan fingerprint density at radius 1 is 1.10 bits per heavy atom. The summed E-state index contributed by atoms with van der Waals surface area (Å²) >= 11 is 0. The Labute approximate surface area is 51.9 Å². The maximum absolute atomic E-state index is 11.5. The van der Waals surface area contributed by atoms with E-state index in [9.17, 15) is 22.0 Å². The molecule has 62 valence electrons. The number of halogens is 5. The van der Waals surface area contributed by atoms with Gasteiger partial charge in [0.15, 0.2) is 0 Å². The molecule has 0 fully saturated rings. The third-order valence-corrected chi connectivity index (χ3v) is 0.713. The molecule has 0 radical (unpaired) electrons. The molecular formula is C3H3F5O2. The molecule has 0 aliphatic rings. The molecule has 0 heterocycles. The summed E-state index contributed by atoms with van der Waals surface area (Å²) in [6, 6.07) is 0. The van der Waals surface area contributed by atoms with Gasteiger partial charge in [0, 0.05) is 0 Å². The van der Waals surface area contributed by atoms with Crippen molar-refractivity contribution in [3.05, 3.63) is 0 Å². The van der Waals surface area contributed by atoms with Crippen molar-refractivity contribution in [2.45, 2.75) is 18.4 Å². The summed E-state index contributed by atoms with van der Waals surface area (Å²) in [5.74, 6) is -5.17. The highest BCUT2D eigenvalue weighted by Gasteiger charge is 2.61. The van der Waals surface area contributed by atoms with Gasteiger partial charge in [0.05, 0.1) is 0 Å². The normalized spacial score (nSPS) is 21.9. The van der Waals surface area contributed by atoms with E-state index in [-0.39, 0.29) is 0 Å². The molecule has 7 heteroatoms. The zero-order valence-electron chi connectivity index (χ0n) is 4.36. The second-order valence-electron chi connectivity index (χ2n) is 1.51. The number of hydrogen-bond acceptors (Lipinski definition) is 2. The third-order valence-electron chi connectivity index (χ3n) is 0.713. The maximum Gasteiger partial charge on any atom is 0.454 e. The van der Waals surface area contributed by atoms with Crippen LogP contribution in [0.5, 0.6) is 0 Å². The Hall–Kier alpha value is -0.430. The van der Waals surface area contributed by atoms with Crippen molar-refractivity contribution in [2.75, 3.05) is 0 Å². The summed E-state index contributed by atoms with van der Waals surface area (Å²) in [5, 5.41) is 14.9. The fraction of sp³-hybridized carbons (Fsp3) is 1.00. The molecule has 0 aromatic heterocycles. The predicted molar refractivity (Wildman–Crippen MR) is 19.2 cm³/mol. The van der Waals surface area contributed by atoms with Crippen molar-refractivity contribution in [2.24, 2.45) is 0 Å². The van der Waals surface area contributed by atoms with Crippen LogP contribution in [0.15, 0.2) is 0 Å². The molecule has 2 N–H and O–H groups in total. The Bertz CT molecular complexity index is 117. The van der Waals surface area contributed by atoms with Gasteiger partial charge in [0.2, 0.25) is 0 Å². The number of rotatable bonds is 1. The van der Waals surface area contributed by atoms with E-state index in [0.29, 0.717) is 0 Å². The van der Waals surface area contributed by atoms with Crippen molar-refractivity contribution in [1.82, 2.24) is 0 Å². The van der Waals surface area contributed by atoms with Gasteiger partial charge in [-0.1, -0.05) is 0 Å². The lowest BCUT2D eigenvalue weighted by atomic mass is 10.3. The smallest absolute Gasteiger partial charge is 0.359 e. The molecule has 0 saturated heterocycles. The highest BCUT2D eigenvalue weighted by Crippen LogP contribution is 2.34. The molecule has 0 aliphatic heterocycles. The first-order valence-electron chi connectivity index (χ1n) is 1.99. The zero-order valence-corrected chi connectivity index (χ0v) is 4.36. The number of aliphatic hydroxyl groups is 2. The van der Waals surface area contributed by atoms with E-state index in [1.54, 1.807) is 0 Å². The van der Waals surface area contributed by atoms with Gasteiger partial charge in [0.25, 0.3) is 6.36 Å². The quantitative estimate of drug-likeness (QED) is 0.556. The van der Waals surface area contributed by atoms with Crippen molar-refractivity contribution in [3.63, 3.8) is 0 Å². The molecule has 0 aliphatic carbocycles. The molecule has 0 aromatic carbocycles. The molecule has 0 saturated carbocycles. The van der Waals surface area contributed by atoms with E-state index >= 15 is 0 Å². The standard InChI is InChI=1S/C3H3F5O2/c4-1(9)2(5,10)3(6,7)8/h1,9-10H. The van der Waals surface area contributed by atoms with Crippen molar-refractivity contribution < 1.29 is 32.2 Å². The molecule has 2 unspecified atom stereocenters. The van der Waals surface area contributed by atoms with Crippen molar-refractivity contribution >= 4 is 0 Å². The molecule has 0 rings (SSSR count). The van der Waals surface area contributed by atoms with E-state index in [0.717, 1.165) is 0 Å². The van der Waals surface area contributed by atoms with E-state index < -0.39 is 18.4 Å². The lowest BCUT2D eigenvalue weighted by Crippen LogP contribution is -2.48. The molecule has 0 amide bonds. The topological polar surface area (TPSA) is 40.5 Å².